The molecule has 0 N–H and O–H groups in total. The third-order valence-corrected chi connectivity index (χ3v) is 11.6. The van der Waals surface area contributed by atoms with Gasteiger partial charge >= 0.3 is 0 Å². The van der Waals surface area contributed by atoms with Crippen LogP contribution >= 0.6 is 7.92 Å². The molecule has 0 aliphatic carbocycles. The second-order valence-corrected chi connectivity index (χ2v) is 16.1. The van der Waals surface area contributed by atoms with Crippen molar-refractivity contribution in [3.05, 3.63) is 86.5 Å². The molecule has 0 amide bonds. The lowest BCUT2D eigenvalue weighted by atomic mass is 9.89. The Morgan fingerprint density at radius 2 is 0.650 bits per heavy atom. The second kappa shape index (κ2) is 12.9. The van der Waals surface area contributed by atoms with Crippen LogP contribution in [0, 0.1) is 20.8 Å². The molecule has 0 bridgehead atoms. The van der Waals surface area contributed by atoms with E-state index >= 15 is 0 Å². The van der Waals surface area contributed by atoms with Crippen LogP contribution in [-0.4, -0.2) is 0 Å². The van der Waals surface area contributed by atoms with E-state index in [1.54, 1.807) is 38.2 Å². The predicted octanol–water partition coefficient (Wildman–Crippen LogP) is 11.1. The number of benzene rings is 3. The lowest BCUT2D eigenvalue weighted by Crippen LogP contribution is -2.34. The molecule has 0 saturated heterocycles. The fourth-order valence-corrected chi connectivity index (χ4v) is 10.0. The van der Waals surface area contributed by atoms with Crippen molar-refractivity contribution in [1.82, 2.24) is 0 Å². The molecule has 1 heteroatoms. The Labute approximate surface area is 249 Å². The lowest BCUT2D eigenvalue weighted by molar-refractivity contribution is 0.811. The Morgan fingerprint density at radius 1 is 0.375 bits per heavy atom. The summed E-state index contributed by atoms with van der Waals surface area (Å²) in [6, 6.07) is 15.1. The highest BCUT2D eigenvalue weighted by Crippen LogP contribution is 2.46. The highest BCUT2D eigenvalue weighted by atomic mass is 31.1. The number of hydrogen-bond donors (Lipinski definition) is 0. The van der Waals surface area contributed by atoms with Crippen molar-refractivity contribution in [1.29, 1.82) is 0 Å². The van der Waals surface area contributed by atoms with E-state index in [1.807, 2.05) is 0 Å². The summed E-state index contributed by atoms with van der Waals surface area (Å²) in [6.45, 7) is 35.6. The first-order valence-corrected chi connectivity index (χ1v) is 17.1. The fraction of sp³-hybridized carbons (Fsp3) is 0.538. The van der Waals surface area contributed by atoms with E-state index < -0.39 is 7.92 Å². The highest BCUT2D eigenvalue weighted by molar-refractivity contribution is 7.80. The van der Waals surface area contributed by atoms with Gasteiger partial charge in [0.1, 0.15) is 15.9 Å². The smallest absolute Gasteiger partial charge is 0.0587 e. The molecule has 40 heavy (non-hydrogen) atoms. The van der Waals surface area contributed by atoms with E-state index in [4.69, 9.17) is 0 Å². The SMILES string of the molecule is Cc1cc(C)c([P+](c2c(C(C)C)cc(C(C)C)cc2C(C)C)c2c(C(C)C)cc(C(C)C)cc2C(C)C)c(C)c1. The highest BCUT2D eigenvalue weighted by Gasteiger charge is 2.44. The molecule has 0 heterocycles. The Kier molecular flexibility index (Phi) is 10.6. The Morgan fingerprint density at radius 3 is 0.875 bits per heavy atom. The molecule has 0 spiro atoms. The topological polar surface area (TPSA) is 0 Å². The van der Waals surface area contributed by atoms with Crippen LogP contribution in [0.1, 0.15) is 169 Å². The Balaban J connectivity index is 2.70. The average Bonchev–Trinajstić information content (AvgIpc) is 2.84. The van der Waals surface area contributed by atoms with Gasteiger partial charge in [-0.15, -0.1) is 0 Å². The van der Waals surface area contributed by atoms with Gasteiger partial charge in [-0.2, -0.15) is 0 Å². The summed E-state index contributed by atoms with van der Waals surface area (Å²) in [5, 5.41) is 4.82. The molecule has 0 saturated carbocycles. The minimum Gasteiger partial charge on any atom is -0.0587 e. The average molecular weight is 557 g/mol. The zero-order valence-corrected chi connectivity index (χ0v) is 29.3. The first kappa shape index (κ1) is 32.6. The van der Waals surface area contributed by atoms with E-state index in [0.29, 0.717) is 35.5 Å². The molecule has 0 aromatic heterocycles. The predicted molar refractivity (Wildman–Crippen MR) is 184 cm³/mol. The van der Waals surface area contributed by atoms with Crippen LogP contribution in [0.3, 0.4) is 0 Å². The third kappa shape index (κ3) is 6.59. The summed E-state index contributed by atoms with van der Waals surface area (Å²) < 4.78 is 0. The quantitative estimate of drug-likeness (QED) is 0.230. The number of rotatable bonds is 9. The number of aryl methyl sites for hydroxylation is 3. The van der Waals surface area contributed by atoms with Crippen molar-refractivity contribution >= 4 is 23.8 Å². The van der Waals surface area contributed by atoms with Gasteiger partial charge < -0.3 is 0 Å². The minimum absolute atomic E-state index is 0.460. The van der Waals surface area contributed by atoms with Crippen LogP contribution in [0.5, 0.6) is 0 Å². The largest absolute Gasteiger partial charge is 0.248 e. The Bertz CT molecular complexity index is 1180. The normalized spacial score (nSPS) is 12.4. The number of hydrogen-bond acceptors (Lipinski definition) is 0. The first-order chi connectivity index (χ1) is 18.6. The lowest BCUT2D eigenvalue weighted by Gasteiger charge is -2.27. The van der Waals surface area contributed by atoms with Gasteiger partial charge in [0.2, 0.25) is 7.92 Å². The fourth-order valence-electron chi connectivity index (χ4n) is 6.21. The van der Waals surface area contributed by atoms with Gasteiger partial charge in [-0.1, -0.05) is 125 Å². The Hall–Kier alpha value is -1.91. The van der Waals surface area contributed by atoms with E-state index in [1.165, 1.54) is 27.8 Å². The van der Waals surface area contributed by atoms with Gasteiger partial charge in [-0.25, -0.2) is 0 Å². The molecule has 1 radical (unpaired) electrons. The summed E-state index contributed by atoms with van der Waals surface area (Å²) >= 11 is 0. The molecule has 0 aliphatic heterocycles. The van der Waals surface area contributed by atoms with Gasteiger partial charge in [0.05, 0.1) is 0 Å². The minimum atomic E-state index is -0.776. The first-order valence-electron chi connectivity index (χ1n) is 15.8. The van der Waals surface area contributed by atoms with Crippen molar-refractivity contribution < 1.29 is 0 Å². The van der Waals surface area contributed by atoms with Gasteiger partial charge in [-0.3, -0.25) is 0 Å². The van der Waals surface area contributed by atoms with Gasteiger partial charge in [0.15, 0.2) is 0 Å². The van der Waals surface area contributed by atoms with Crippen LogP contribution in [0.15, 0.2) is 36.4 Å². The van der Waals surface area contributed by atoms with Crippen LogP contribution in [0.4, 0.5) is 0 Å². The van der Waals surface area contributed by atoms with E-state index in [9.17, 15) is 0 Å². The molecule has 0 unspecified atom stereocenters. The monoisotopic (exact) mass is 556 g/mol. The van der Waals surface area contributed by atoms with E-state index in [0.717, 1.165) is 0 Å². The van der Waals surface area contributed by atoms with Crippen molar-refractivity contribution in [2.24, 2.45) is 0 Å². The molecule has 217 valence electrons. The molecule has 0 fully saturated rings. The van der Waals surface area contributed by atoms with Gasteiger partial charge in [0, 0.05) is 22.3 Å². The zero-order valence-electron chi connectivity index (χ0n) is 28.4. The molecule has 3 rings (SSSR count). The summed E-state index contributed by atoms with van der Waals surface area (Å²) in [6.07, 6.45) is 0. The second-order valence-electron chi connectivity index (χ2n) is 14.1. The summed E-state index contributed by atoms with van der Waals surface area (Å²) in [7, 11) is -0.776. The van der Waals surface area contributed by atoms with E-state index in [2.05, 4.69) is 140 Å². The standard InChI is InChI=1S/C39H57P/c1-22(2)31-18-33(24(5)6)38(34(19-31)25(7)8)40(37-29(14)16-28(13)17-30(37)15)39-35(26(9)10)20-32(23(3)4)21-36(39)27(11)12/h16-27H,1-15H3/q+1. The summed E-state index contributed by atoms with van der Waals surface area (Å²) in [4.78, 5) is 0. The molecule has 0 atom stereocenters. The maximum Gasteiger partial charge on any atom is 0.248 e. The van der Waals surface area contributed by atoms with Gasteiger partial charge in [-0.05, 0) is 78.5 Å². The van der Waals surface area contributed by atoms with Gasteiger partial charge in [0.25, 0.3) is 0 Å². The van der Waals surface area contributed by atoms with Crippen molar-refractivity contribution in [3.8, 4) is 0 Å². The third-order valence-electron chi connectivity index (χ3n) is 8.51. The molecular weight excluding hydrogens is 499 g/mol. The summed E-state index contributed by atoms with van der Waals surface area (Å²) in [5.41, 5.74) is 13.4. The molecule has 3 aromatic rings. The maximum absolute atomic E-state index is 2.57. The van der Waals surface area contributed by atoms with E-state index in [-0.39, 0.29) is 0 Å². The van der Waals surface area contributed by atoms with Crippen molar-refractivity contribution in [3.63, 3.8) is 0 Å². The zero-order chi connectivity index (χ0) is 30.2. The van der Waals surface area contributed by atoms with Crippen LogP contribution in [0.2, 0.25) is 0 Å². The van der Waals surface area contributed by atoms with Crippen LogP contribution in [-0.2, 0) is 0 Å². The molecule has 3 aromatic carbocycles. The van der Waals surface area contributed by atoms with Crippen LogP contribution in [0.25, 0.3) is 0 Å². The maximum atomic E-state index is 2.57. The molecular formula is C39H57P+. The van der Waals surface area contributed by atoms with Crippen molar-refractivity contribution in [2.75, 3.05) is 0 Å². The molecule has 0 nitrogen and oxygen atoms in total. The molecule has 0 aliphatic rings. The van der Waals surface area contributed by atoms with Crippen molar-refractivity contribution in [2.45, 2.75) is 139 Å². The van der Waals surface area contributed by atoms with Crippen LogP contribution < -0.4 is 15.9 Å². The summed E-state index contributed by atoms with van der Waals surface area (Å²) in [5.74, 6) is 2.87.